The van der Waals surface area contributed by atoms with Gasteiger partial charge in [0.1, 0.15) is 0 Å². The molecule has 0 bridgehead atoms. The van der Waals surface area contributed by atoms with Gasteiger partial charge in [0.2, 0.25) is 0 Å². The van der Waals surface area contributed by atoms with E-state index in [9.17, 15) is 4.79 Å². The second-order valence-corrected chi connectivity index (χ2v) is 9.83. The first-order valence-corrected chi connectivity index (χ1v) is 14.5. The quantitative estimate of drug-likeness (QED) is 0.143. The molecule has 0 aromatic rings. The van der Waals surface area contributed by atoms with Crippen LogP contribution in [-0.2, 0) is 9.53 Å². The number of esters is 1. The van der Waals surface area contributed by atoms with Crippen LogP contribution < -0.4 is 16.4 Å². The van der Waals surface area contributed by atoms with Gasteiger partial charge in [0.15, 0.2) is 0 Å². The molecule has 1 aliphatic rings. The Labute approximate surface area is 210 Å². The van der Waals surface area contributed by atoms with Gasteiger partial charge in [-0.05, 0) is 6.42 Å². The second kappa shape index (κ2) is 24.0. The van der Waals surface area contributed by atoms with Crippen LogP contribution in [0.1, 0.15) is 90.4 Å². The molecule has 34 heavy (non-hydrogen) atoms. The van der Waals surface area contributed by atoms with E-state index in [0.717, 1.165) is 65.3 Å². The van der Waals surface area contributed by atoms with Crippen LogP contribution in [-0.4, -0.2) is 94.4 Å². The van der Waals surface area contributed by atoms with Crippen molar-refractivity contribution in [3.05, 3.63) is 0 Å². The third kappa shape index (κ3) is 19.6. The molecule has 0 unspecified atom stereocenters. The molecule has 0 atom stereocenters. The largest absolute Gasteiger partial charge is 0.466 e. The lowest BCUT2D eigenvalue weighted by atomic mass is 10.1. The Kier molecular flexibility index (Phi) is 22.1. The molecule has 202 valence electrons. The molecule has 0 radical (unpaired) electrons. The standard InChI is InChI=1S/C27H57N5O2/c1-2-3-4-5-6-7-8-9-10-11-12-13-26-34-27(33)14-16-29-18-20-31-22-24-32(25-23-31)21-19-30-17-15-28/h29-30H,2-26,28H2,1H3. The zero-order valence-electron chi connectivity index (χ0n) is 22.5. The van der Waals surface area contributed by atoms with Crippen LogP contribution in [0.3, 0.4) is 0 Å². The van der Waals surface area contributed by atoms with Gasteiger partial charge in [0, 0.05) is 72.0 Å². The van der Waals surface area contributed by atoms with E-state index in [-0.39, 0.29) is 5.97 Å². The average molecular weight is 484 g/mol. The smallest absolute Gasteiger partial charge is 0.307 e. The van der Waals surface area contributed by atoms with Gasteiger partial charge in [-0.25, -0.2) is 0 Å². The maximum Gasteiger partial charge on any atom is 0.307 e. The summed E-state index contributed by atoms with van der Waals surface area (Å²) < 4.78 is 5.38. The van der Waals surface area contributed by atoms with Crippen molar-refractivity contribution in [2.24, 2.45) is 5.73 Å². The molecular weight excluding hydrogens is 426 g/mol. The number of nitrogens with one attached hydrogen (secondary N) is 2. The molecule has 1 saturated heterocycles. The van der Waals surface area contributed by atoms with Crippen LogP contribution in [0.5, 0.6) is 0 Å². The molecule has 1 fully saturated rings. The van der Waals surface area contributed by atoms with Crippen molar-refractivity contribution in [3.8, 4) is 0 Å². The molecule has 7 nitrogen and oxygen atoms in total. The van der Waals surface area contributed by atoms with Gasteiger partial charge >= 0.3 is 5.97 Å². The second-order valence-electron chi connectivity index (χ2n) is 9.83. The number of hydrogen-bond donors (Lipinski definition) is 3. The third-order valence-corrected chi connectivity index (χ3v) is 6.76. The van der Waals surface area contributed by atoms with E-state index in [1.165, 1.54) is 70.6 Å². The first-order chi connectivity index (χ1) is 16.8. The fourth-order valence-electron chi connectivity index (χ4n) is 4.45. The lowest BCUT2D eigenvalue weighted by Gasteiger charge is -2.34. The fourth-order valence-corrected chi connectivity index (χ4v) is 4.45. The molecule has 1 rings (SSSR count). The Morgan fingerprint density at radius 3 is 1.68 bits per heavy atom. The molecule has 0 aromatic heterocycles. The lowest BCUT2D eigenvalue weighted by Crippen LogP contribution is -2.49. The minimum Gasteiger partial charge on any atom is -0.466 e. The summed E-state index contributed by atoms with van der Waals surface area (Å²) in [7, 11) is 0. The van der Waals surface area contributed by atoms with Crippen LogP contribution in [0.2, 0.25) is 0 Å². The zero-order chi connectivity index (χ0) is 24.5. The SMILES string of the molecule is CCCCCCCCCCCCCCOC(=O)CCNCCN1CCN(CCNCCN)CC1. The van der Waals surface area contributed by atoms with Crippen LogP contribution in [0.4, 0.5) is 0 Å². The highest BCUT2D eigenvalue weighted by Gasteiger charge is 2.15. The number of piperazine rings is 1. The first-order valence-electron chi connectivity index (χ1n) is 14.5. The molecule has 0 spiro atoms. The molecular formula is C27H57N5O2. The predicted molar refractivity (Wildman–Crippen MR) is 144 cm³/mol. The van der Waals surface area contributed by atoms with Crippen molar-refractivity contribution in [2.45, 2.75) is 90.4 Å². The topological polar surface area (TPSA) is 82.9 Å². The number of nitrogens with two attached hydrogens (primary N) is 1. The van der Waals surface area contributed by atoms with Gasteiger partial charge in [-0.1, -0.05) is 77.6 Å². The van der Waals surface area contributed by atoms with Crippen molar-refractivity contribution < 1.29 is 9.53 Å². The van der Waals surface area contributed by atoms with Crippen molar-refractivity contribution in [1.82, 2.24) is 20.4 Å². The average Bonchev–Trinajstić information content (AvgIpc) is 2.85. The van der Waals surface area contributed by atoms with Gasteiger partial charge in [0.25, 0.3) is 0 Å². The molecule has 1 heterocycles. The Morgan fingerprint density at radius 1 is 0.706 bits per heavy atom. The van der Waals surface area contributed by atoms with Crippen molar-refractivity contribution in [3.63, 3.8) is 0 Å². The van der Waals surface area contributed by atoms with Gasteiger partial charge in [-0.3, -0.25) is 14.6 Å². The lowest BCUT2D eigenvalue weighted by molar-refractivity contribution is -0.143. The zero-order valence-corrected chi connectivity index (χ0v) is 22.5. The van der Waals surface area contributed by atoms with Crippen molar-refractivity contribution in [1.29, 1.82) is 0 Å². The van der Waals surface area contributed by atoms with Crippen LogP contribution in [0.25, 0.3) is 0 Å². The molecule has 7 heteroatoms. The van der Waals surface area contributed by atoms with Gasteiger partial charge in [-0.2, -0.15) is 0 Å². The Hall–Kier alpha value is -0.730. The van der Waals surface area contributed by atoms with E-state index < -0.39 is 0 Å². The van der Waals surface area contributed by atoms with E-state index in [0.29, 0.717) is 26.1 Å². The molecule has 0 amide bonds. The minimum atomic E-state index is -0.0626. The van der Waals surface area contributed by atoms with E-state index >= 15 is 0 Å². The minimum absolute atomic E-state index is 0.0626. The Morgan fingerprint density at radius 2 is 1.18 bits per heavy atom. The third-order valence-electron chi connectivity index (χ3n) is 6.76. The van der Waals surface area contributed by atoms with Crippen molar-refractivity contribution >= 4 is 5.97 Å². The van der Waals surface area contributed by atoms with Crippen molar-refractivity contribution in [2.75, 3.05) is 78.6 Å². The van der Waals surface area contributed by atoms with Gasteiger partial charge < -0.3 is 21.1 Å². The predicted octanol–water partition coefficient (Wildman–Crippen LogP) is 3.38. The van der Waals surface area contributed by atoms with E-state index in [2.05, 4.69) is 27.4 Å². The molecule has 0 aliphatic carbocycles. The maximum atomic E-state index is 11.9. The van der Waals surface area contributed by atoms with Gasteiger partial charge in [-0.15, -0.1) is 0 Å². The van der Waals surface area contributed by atoms with Crippen LogP contribution in [0.15, 0.2) is 0 Å². The summed E-state index contributed by atoms with van der Waals surface area (Å²) in [5.74, 6) is -0.0626. The summed E-state index contributed by atoms with van der Waals surface area (Å²) in [4.78, 5) is 16.9. The fraction of sp³-hybridized carbons (Fsp3) is 0.963. The summed E-state index contributed by atoms with van der Waals surface area (Å²) in [6.45, 7) is 13.8. The highest BCUT2D eigenvalue weighted by molar-refractivity contribution is 5.69. The summed E-state index contributed by atoms with van der Waals surface area (Å²) in [6, 6.07) is 0. The van der Waals surface area contributed by atoms with E-state index in [1.807, 2.05) is 0 Å². The number of ether oxygens (including phenoxy) is 1. The summed E-state index contributed by atoms with van der Waals surface area (Å²) in [6.07, 6.45) is 16.4. The summed E-state index contributed by atoms with van der Waals surface area (Å²) >= 11 is 0. The summed E-state index contributed by atoms with van der Waals surface area (Å²) in [5.41, 5.74) is 5.50. The number of unbranched alkanes of at least 4 members (excludes halogenated alkanes) is 11. The number of rotatable bonds is 24. The monoisotopic (exact) mass is 483 g/mol. The van der Waals surface area contributed by atoms with Gasteiger partial charge in [0.05, 0.1) is 13.0 Å². The van der Waals surface area contributed by atoms with Crippen LogP contribution >= 0.6 is 0 Å². The highest BCUT2D eigenvalue weighted by Crippen LogP contribution is 2.12. The molecule has 0 saturated carbocycles. The molecule has 4 N–H and O–H groups in total. The normalized spacial score (nSPS) is 15.1. The number of nitrogens with zero attached hydrogens (tertiary/aromatic N) is 2. The number of hydrogen-bond acceptors (Lipinski definition) is 7. The molecule has 0 aromatic carbocycles. The van der Waals surface area contributed by atoms with E-state index in [1.54, 1.807) is 0 Å². The maximum absolute atomic E-state index is 11.9. The Bertz CT molecular complexity index is 445. The summed E-state index contributed by atoms with van der Waals surface area (Å²) in [5, 5.41) is 6.75. The highest BCUT2D eigenvalue weighted by atomic mass is 16.5. The first kappa shape index (κ1) is 31.3. The number of carbonyl (C=O) groups is 1. The van der Waals surface area contributed by atoms with Crippen LogP contribution in [0, 0.1) is 0 Å². The number of carbonyl (C=O) groups excluding carboxylic acids is 1. The van der Waals surface area contributed by atoms with E-state index in [4.69, 9.17) is 10.5 Å². The Balaban J connectivity index is 1.79. The molecule has 1 aliphatic heterocycles.